The number of alkyl halides is 3. The molecule has 9 heteroatoms. The third-order valence-electron chi connectivity index (χ3n) is 2.30. The molecule has 104 valence electrons. The van der Waals surface area contributed by atoms with Crippen molar-refractivity contribution in [3.63, 3.8) is 0 Å². The Morgan fingerprint density at radius 1 is 1.42 bits per heavy atom. The molecular formula is C10H9F3N2O2S2. The van der Waals surface area contributed by atoms with E-state index in [4.69, 9.17) is 5.21 Å². The molecule has 0 fully saturated rings. The predicted molar refractivity (Wildman–Crippen MR) is 67.7 cm³/mol. The van der Waals surface area contributed by atoms with E-state index in [0.717, 1.165) is 11.3 Å². The first-order valence-electron chi connectivity index (χ1n) is 5.12. The van der Waals surface area contributed by atoms with E-state index in [0.29, 0.717) is 27.3 Å². The van der Waals surface area contributed by atoms with Crippen molar-refractivity contribution in [2.24, 2.45) is 5.16 Å². The number of fused-ring (bicyclic) bond motifs is 1. The topological polar surface area (TPSA) is 46.8 Å². The van der Waals surface area contributed by atoms with Crippen LogP contribution in [0.4, 0.5) is 13.2 Å². The minimum atomic E-state index is -4.73. The second-order valence-corrected chi connectivity index (χ2v) is 4.99. The Kier molecular flexibility index (Phi) is 3.95. The number of rotatable bonds is 3. The number of halogens is 3. The summed E-state index contributed by atoms with van der Waals surface area (Å²) >= 11 is 5.15. The summed E-state index contributed by atoms with van der Waals surface area (Å²) < 4.78 is 42.4. The molecule has 0 amide bonds. The summed E-state index contributed by atoms with van der Waals surface area (Å²) in [7, 11) is 0. The van der Waals surface area contributed by atoms with Crippen LogP contribution in [0.25, 0.3) is 10.2 Å². The average Bonchev–Trinajstić information content (AvgIpc) is 2.65. The van der Waals surface area contributed by atoms with E-state index in [2.05, 4.69) is 22.5 Å². The van der Waals surface area contributed by atoms with Crippen molar-refractivity contribution < 1.29 is 23.1 Å². The fraction of sp³-hybridized carbons (Fsp3) is 0.300. The molecule has 0 aliphatic rings. The molecule has 0 saturated heterocycles. The molecule has 0 saturated carbocycles. The van der Waals surface area contributed by atoms with Crippen molar-refractivity contribution in [3.8, 4) is 5.75 Å². The van der Waals surface area contributed by atoms with Gasteiger partial charge in [0, 0.05) is 12.3 Å². The van der Waals surface area contributed by atoms with Crippen LogP contribution in [0.3, 0.4) is 0 Å². The van der Waals surface area contributed by atoms with Crippen molar-refractivity contribution >= 4 is 34.2 Å². The third-order valence-corrected chi connectivity index (χ3v) is 3.53. The Morgan fingerprint density at radius 3 is 2.74 bits per heavy atom. The SMILES string of the molecule is O/N=c1\sc2cc(OC(F)(F)F)ccc2n1CCS. The zero-order valence-electron chi connectivity index (χ0n) is 9.39. The maximum Gasteiger partial charge on any atom is 0.573 e. The first-order valence-corrected chi connectivity index (χ1v) is 6.57. The van der Waals surface area contributed by atoms with E-state index in [-0.39, 0.29) is 5.75 Å². The van der Waals surface area contributed by atoms with E-state index < -0.39 is 6.36 Å². The Hall–Kier alpha value is -1.35. The third kappa shape index (κ3) is 3.16. The number of hydrogen-bond donors (Lipinski definition) is 2. The van der Waals surface area contributed by atoms with Gasteiger partial charge in [0.2, 0.25) is 4.80 Å². The Balaban J connectivity index is 2.50. The van der Waals surface area contributed by atoms with Crippen molar-refractivity contribution in [1.82, 2.24) is 4.57 Å². The minimum Gasteiger partial charge on any atom is -0.408 e. The van der Waals surface area contributed by atoms with Crippen molar-refractivity contribution in [2.45, 2.75) is 12.9 Å². The summed E-state index contributed by atoms with van der Waals surface area (Å²) in [6.45, 7) is 0.488. The molecule has 0 aliphatic heterocycles. The summed E-state index contributed by atoms with van der Waals surface area (Å²) in [5.41, 5.74) is 0.668. The molecule has 0 aliphatic carbocycles. The highest BCUT2D eigenvalue weighted by molar-refractivity contribution is 7.80. The molecule has 4 nitrogen and oxygen atoms in total. The van der Waals surface area contributed by atoms with Gasteiger partial charge in [-0.3, -0.25) is 0 Å². The molecule has 2 aromatic rings. The summed E-state index contributed by atoms with van der Waals surface area (Å²) in [6, 6.07) is 3.97. The first-order chi connectivity index (χ1) is 8.94. The van der Waals surface area contributed by atoms with Crippen LogP contribution in [0.1, 0.15) is 0 Å². The monoisotopic (exact) mass is 310 g/mol. The van der Waals surface area contributed by atoms with Gasteiger partial charge < -0.3 is 14.5 Å². The Morgan fingerprint density at radius 2 is 2.16 bits per heavy atom. The highest BCUT2D eigenvalue weighted by atomic mass is 32.1. The van der Waals surface area contributed by atoms with Gasteiger partial charge in [-0.2, -0.15) is 12.6 Å². The van der Waals surface area contributed by atoms with Crippen LogP contribution < -0.4 is 9.54 Å². The van der Waals surface area contributed by atoms with Gasteiger partial charge in [-0.15, -0.1) is 13.2 Å². The Bertz CT molecular complexity index is 648. The zero-order valence-corrected chi connectivity index (χ0v) is 11.1. The van der Waals surface area contributed by atoms with E-state index in [1.54, 1.807) is 4.57 Å². The van der Waals surface area contributed by atoms with Crippen LogP contribution in [-0.2, 0) is 6.54 Å². The lowest BCUT2D eigenvalue weighted by Gasteiger charge is -2.08. The number of hydrogen-bond acceptors (Lipinski definition) is 5. The standard InChI is InChI=1S/C10H9F3N2O2S2/c11-10(12,13)17-6-1-2-7-8(5-6)19-9(14-16)15(7)3-4-18/h1-2,5,16,18H,3-4H2/b14-9-. The van der Waals surface area contributed by atoms with Gasteiger partial charge in [-0.25, -0.2) is 0 Å². The molecule has 19 heavy (non-hydrogen) atoms. The van der Waals surface area contributed by atoms with E-state index in [1.165, 1.54) is 18.2 Å². The van der Waals surface area contributed by atoms with Crippen LogP contribution in [-0.4, -0.2) is 21.9 Å². The van der Waals surface area contributed by atoms with Crippen molar-refractivity contribution in [3.05, 3.63) is 23.0 Å². The molecule has 0 radical (unpaired) electrons. The van der Waals surface area contributed by atoms with Gasteiger partial charge in [0.1, 0.15) is 5.75 Å². The van der Waals surface area contributed by atoms with Crippen LogP contribution in [0.2, 0.25) is 0 Å². The van der Waals surface area contributed by atoms with E-state index in [1.807, 2.05) is 0 Å². The van der Waals surface area contributed by atoms with Gasteiger partial charge in [0.25, 0.3) is 0 Å². The van der Waals surface area contributed by atoms with Crippen LogP contribution in [0.5, 0.6) is 5.75 Å². The number of aromatic nitrogens is 1. The normalized spacial score (nSPS) is 13.2. The smallest absolute Gasteiger partial charge is 0.408 e. The van der Waals surface area contributed by atoms with E-state index >= 15 is 0 Å². The Labute approximate surface area is 115 Å². The fourth-order valence-electron chi connectivity index (χ4n) is 1.64. The number of nitrogens with zero attached hydrogens (tertiary/aromatic N) is 2. The number of thiazole rings is 1. The van der Waals surface area contributed by atoms with Crippen LogP contribution >= 0.6 is 24.0 Å². The summed E-state index contributed by atoms with van der Waals surface area (Å²) in [5.74, 6) is 0.212. The van der Waals surface area contributed by atoms with Crippen LogP contribution in [0.15, 0.2) is 23.4 Å². The van der Waals surface area contributed by atoms with E-state index in [9.17, 15) is 13.2 Å². The largest absolute Gasteiger partial charge is 0.573 e. The molecule has 0 bridgehead atoms. The van der Waals surface area contributed by atoms with Gasteiger partial charge >= 0.3 is 6.36 Å². The van der Waals surface area contributed by atoms with Gasteiger partial charge in [0.05, 0.1) is 10.2 Å². The van der Waals surface area contributed by atoms with Gasteiger partial charge in [-0.05, 0) is 18.2 Å². The molecular weight excluding hydrogens is 301 g/mol. The molecule has 1 heterocycles. The number of thiol groups is 1. The predicted octanol–water partition coefficient (Wildman–Crippen LogP) is 2.82. The molecule has 0 spiro atoms. The highest BCUT2D eigenvalue weighted by Crippen LogP contribution is 2.27. The molecule has 0 atom stereocenters. The second-order valence-electron chi connectivity index (χ2n) is 3.54. The molecule has 0 unspecified atom stereocenters. The number of ether oxygens (including phenoxy) is 1. The fourth-order valence-corrected chi connectivity index (χ4v) is 2.84. The summed E-state index contributed by atoms with van der Waals surface area (Å²) in [5, 5.41) is 12.0. The van der Waals surface area contributed by atoms with Gasteiger partial charge in [-0.1, -0.05) is 16.5 Å². The average molecular weight is 310 g/mol. The minimum absolute atomic E-state index is 0.299. The maximum absolute atomic E-state index is 12.1. The number of benzene rings is 1. The summed E-state index contributed by atoms with van der Waals surface area (Å²) in [6.07, 6.45) is -4.73. The summed E-state index contributed by atoms with van der Waals surface area (Å²) in [4.78, 5) is 0.299. The lowest BCUT2D eigenvalue weighted by atomic mass is 10.3. The lowest BCUT2D eigenvalue weighted by molar-refractivity contribution is -0.274. The first kappa shape index (κ1) is 14.1. The molecule has 1 aromatic carbocycles. The van der Waals surface area contributed by atoms with Crippen LogP contribution in [0, 0.1) is 0 Å². The number of aryl methyl sites for hydroxylation is 1. The highest BCUT2D eigenvalue weighted by Gasteiger charge is 2.31. The van der Waals surface area contributed by atoms with Crippen molar-refractivity contribution in [1.29, 1.82) is 0 Å². The maximum atomic E-state index is 12.1. The molecule has 2 rings (SSSR count). The quantitative estimate of drug-likeness (QED) is 0.520. The van der Waals surface area contributed by atoms with Crippen molar-refractivity contribution in [2.75, 3.05) is 5.75 Å². The van der Waals surface area contributed by atoms with Gasteiger partial charge in [0.15, 0.2) is 0 Å². The second kappa shape index (κ2) is 5.33. The lowest BCUT2D eigenvalue weighted by Crippen LogP contribution is -2.17. The molecule has 1 N–H and O–H groups in total. The zero-order chi connectivity index (χ0) is 14.0. The molecule has 1 aromatic heterocycles.